The average molecular weight is 148 g/mol. The average Bonchev–Trinajstić information content (AvgIpc) is 2.05. The van der Waals surface area contributed by atoms with Crippen LogP contribution >= 0.6 is 0 Å². The molecule has 1 rings (SSSR count). The highest BCUT2D eigenvalue weighted by Crippen LogP contribution is 1.96. The van der Waals surface area contributed by atoms with E-state index in [-0.39, 0.29) is 0 Å². The topological polar surface area (TPSA) is 12.0 Å². The fourth-order valence-electron chi connectivity index (χ4n) is 0.891. The van der Waals surface area contributed by atoms with Gasteiger partial charge >= 0.3 is 0 Å². The molecule has 0 saturated carbocycles. The maximum absolute atomic E-state index is 7.09. The molecule has 0 aromatic heterocycles. The molecule has 0 aliphatic carbocycles. The van der Waals surface area contributed by atoms with Crippen molar-refractivity contribution in [2.45, 2.75) is 6.54 Å². The molecule has 0 radical (unpaired) electrons. The van der Waals surface area contributed by atoms with Gasteiger partial charge in [0.2, 0.25) is 0 Å². The van der Waals surface area contributed by atoms with Crippen molar-refractivity contribution in [2.24, 2.45) is 0 Å². The van der Waals surface area contributed by atoms with Crippen LogP contribution in [0.15, 0.2) is 43.0 Å². The van der Waals surface area contributed by atoms with Gasteiger partial charge in [0.1, 0.15) is 0 Å². The Morgan fingerprint density at radius 1 is 1.45 bits per heavy atom. The van der Waals surface area contributed by atoms with E-state index in [1.165, 1.54) is 5.56 Å². The molecule has 1 aromatic rings. The Labute approximate surface area is 69.2 Å². The molecule has 0 amide bonds. The lowest BCUT2D eigenvalue weighted by Gasteiger charge is -1.99. The smallest absolute Gasteiger partial charge is 0.0583 e. The first-order valence-electron chi connectivity index (χ1n) is 4.18. The summed E-state index contributed by atoms with van der Waals surface area (Å²) in [6, 6.07) is 10.5. The minimum atomic E-state index is 0.422. The van der Waals surface area contributed by atoms with Crippen molar-refractivity contribution in [3.05, 3.63) is 48.5 Å². The fraction of sp³-hybridized carbons (Fsp3) is 0.200. The summed E-state index contributed by atoms with van der Waals surface area (Å²) in [6.45, 7) is 4.86. The zero-order valence-corrected chi connectivity index (χ0v) is 6.51. The van der Waals surface area contributed by atoms with Gasteiger partial charge in [-0.05, 0) is 5.56 Å². The first-order valence-corrected chi connectivity index (χ1v) is 3.68. The van der Waals surface area contributed by atoms with Crippen molar-refractivity contribution in [2.75, 3.05) is 6.54 Å². The van der Waals surface area contributed by atoms with E-state index < -0.39 is 0 Å². The van der Waals surface area contributed by atoms with Gasteiger partial charge in [-0.25, -0.2) is 0 Å². The predicted octanol–water partition coefficient (Wildman–Crippen LogP) is 1.96. The van der Waals surface area contributed by atoms with Crippen LogP contribution in [0.3, 0.4) is 0 Å². The van der Waals surface area contributed by atoms with E-state index >= 15 is 0 Å². The molecule has 0 heterocycles. The Hall–Kier alpha value is -1.08. The summed E-state index contributed by atoms with van der Waals surface area (Å²) >= 11 is 0. The minimum absolute atomic E-state index is 0.422. The molecule has 0 atom stereocenters. The predicted molar refractivity (Wildman–Crippen MR) is 48.3 cm³/mol. The first-order chi connectivity index (χ1) is 5.79. The molecule has 58 valence electrons. The molecule has 0 spiro atoms. The lowest BCUT2D eigenvalue weighted by molar-refractivity contribution is 0.760. The molecule has 1 nitrogen and oxygen atoms in total. The molecule has 0 aliphatic rings. The van der Waals surface area contributed by atoms with Crippen molar-refractivity contribution in [1.29, 1.82) is 0 Å². The van der Waals surface area contributed by atoms with Gasteiger partial charge in [-0.2, -0.15) is 0 Å². The third kappa shape index (κ3) is 3.01. The van der Waals surface area contributed by atoms with E-state index in [1.54, 1.807) is 0 Å². The van der Waals surface area contributed by atoms with Gasteiger partial charge in [0.25, 0.3) is 0 Å². The van der Waals surface area contributed by atoms with E-state index in [9.17, 15) is 0 Å². The van der Waals surface area contributed by atoms with E-state index in [4.69, 9.17) is 1.37 Å². The largest absolute Gasteiger partial charge is 0.309 e. The summed E-state index contributed by atoms with van der Waals surface area (Å²) in [5.41, 5.74) is 1.23. The Morgan fingerprint density at radius 3 is 2.82 bits per heavy atom. The van der Waals surface area contributed by atoms with Gasteiger partial charge in [-0.15, -0.1) is 6.58 Å². The third-order valence-electron chi connectivity index (χ3n) is 1.42. The second-order valence-corrected chi connectivity index (χ2v) is 2.34. The lowest BCUT2D eigenvalue weighted by atomic mass is 10.2. The summed E-state index contributed by atoms with van der Waals surface area (Å²) in [4.78, 5) is 0. The van der Waals surface area contributed by atoms with Crippen LogP contribution in [0.1, 0.15) is 6.93 Å². The van der Waals surface area contributed by atoms with Crippen LogP contribution in [0.25, 0.3) is 0 Å². The Balaban J connectivity index is 2.29. The molecule has 1 aromatic carbocycles. The number of hydrogen-bond acceptors (Lipinski definition) is 1. The number of rotatable bonds is 4. The standard InChI is InChI=1S/C10H13N/c1-2-8-11-9-10-6-4-3-5-7-10/h2-7,11H,1,8-9H2/i2D. The zero-order chi connectivity index (χ0) is 8.81. The summed E-state index contributed by atoms with van der Waals surface area (Å²) in [6.07, 6.45) is 0. The van der Waals surface area contributed by atoms with Crippen LogP contribution < -0.4 is 5.32 Å². The highest BCUT2D eigenvalue weighted by atomic mass is 14.8. The van der Waals surface area contributed by atoms with E-state index in [0.29, 0.717) is 12.6 Å². The molecule has 0 unspecified atom stereocenters. The van der Waals surface area contributed by atoms with E-state index in [2.05, 4.69) is 24.0 Å². The van der Waals surface area contributed by atoms with Crippen molar-refractivity contribution >= 4 is 0 Å². The van der Waals surface area contributed by atoms with Gasteiger partial charge in [0.05, 0.1) is 1.37 Å². The van der Waals surface area contributed by atoms with Gasteiger partial charge in [-0.3, -0.25) is 0 Å². The molecule has 11 heavy (non-hydrogen) atoms. The van der Waals surface area contributed by atoms with Gasteiger partial charge in [0, 0.05) is 13.1 Å². The van der Waals surface area contributed by atoms with Crippen LogP contribution in [-0.4, -0.2) is 6.54 Å². The van der Waals surface area contributed by atoms with Crippen LogP contribution in [0.2, 0.25) is 0 Å². The molecule has 0 bridgehead atoms. The van der Waals surface area contributed by atoms with Crippen LogP contribution in [0.4, 0.5) is 0 Å². The normalized spacial score (nSPS) is 10.7. The summed E-state index contributed by atoms with van der Waals surface area (Å²) < 4.78 is 7.09. The van der Waals surface area contributed by atoms with Gasteiger partial charge in [-0.1, -0.05) is 36.4 Å². The van der Waals surface area contributed by atoms with Crippen LogP contribution in [0, 0.1) is 0 Å². The summed E-state index contributed by atoms with van der Waals surface area (Å²) in [7, 11) is 0. The van der Waals surface area contributed by atoms with Crippen molar-refractivity contribution in [3.8, 4) is 0 Å². The second kappa shape index (κ2) is 4.69. The maximum atomic E-state index is 7.09. The zero-order valence-electron chi connectivity index (χ0n) is 7.51. The van der Waals surface area contributed by atoms with Gasteiger partial charge in [0.15, 0.2) is 0 Å². The lowest BCUT2D eigenvalue weighted by Crippen LogP contribution is -2.12. The number of benzene rings is 1. The van der Waals surface area contributed by atoms with Crippen molar-refractivity contribution < 1.29 is 1.37 Å². The highest BCUT2D eigenvalue weighted by Gasteiger charge is 1.86. The first kappa shape index (κ1) is 6.62. The number of nitrogens with one attached hydrogen (secondary N) is 1. The number of hydrogen-bond donors (Lipinski definition) is 1. The van der Waals surface area contributed by atoms with Gasteiger partial charge < -0.3 is 5.32 Å². The third-order valence-corrected chi connectivity index (χ3v) is 1.42. The van der Waals surface area contributed by atoms with E-state index in [0.717, 1.165) is 6.54 Å². The molecule has 0 saturated heterocycles. The quantitative estimate of drug-likeness (QED) is 0.644. The second-order valence-electron chi connectivity index (χ2n) is 2.34. The Bertz CT molecular complexity index is 243. The Kier molecular flexibility index (Phi) is 2.82. The highest BCUT2D eigenvalue weighted by molar-refractivity contribution is 5.14. The minimum Gasteiger partial charge on any atom is -0.309 e. The Morgan fingerprint density at radius 2 is 2.18 bits per heavy atom. The molecular formula is C10H13N. The van der Waals surface area contributed by atoms with Crippen LogP contribution in [-0.2, 0) is 6.54 Å². The monoisotopic (exact) mass is 148 g/mol. The maximum Gasteiger partial charge on any atom is 0.0583 e. The molecule has 0 aliphatic heterocycles. The van der Waals surface area contributed by atoms with Crippen LogP contribution in [0.5, 0.6) is 0 Å². The summed E-state index contributed by atoms with van der Waals surface area (Å²) in [5.74, 6) is 0. The van der Waals surface area contributed by atoms with E-state index in [1.807, 2.05) is 18.2 Å². The molecule has 1 heteroatoms. The van der Waals surface area contributed by atoms with Crippen molar-refractivity contribution in [3.63, 3.8) is 0 Å². The molecular weight excluding hydrogens is 134 g/mol. The van der Waals surface area contributed by atoms with Crippen molar-refractivity contribution in [1.82, 2.24) is 5.32 Å². The fourth-order valence-corrected chi connectivity index (χ4v) is 0.891. The molecule has 1 N–H and O–H groups in total. The summed E-state index contributed by atoms with van der Waals surface area (Å²) in [5, 5.41) is 3.11. The SMILES string of the molecule is [2H]C(=C)CNCc1ccccc1. The molecule has 0 fully saturated rings.